The molecule has 1 heterocycles. The minimum Gasteiger partial charge on any atom is -0.366 e. The molecule has 0 aliphatic carbocycles. The third-order valence-corrected chi connectivity index (χ3v) is 3.90. The van der Waals surface area contributed by atoms with E-state index in [9.17, 15) is 4.79 Å². The van der Waals surface area contributed by atoms with Gasteiger partial charge in [-0.2, -0.15) is 5.10 Å². The molecule has 0 unspecified atom stereocenters. The van der Waals surface area contributed by atoms with Crippen LogP contribution in [0, 0.1) is 6.92 Å². The van der Waals surface area contributed by atoms with E-state index in [1.807, 2.05) is 50.2 Å². The van der Waals surface area contributed by atoms with E-state index in [1.165, 1.54) is 0 Å². The number of nitrogens with two attached hydrogens (primary N) is 1. The molecule has 0 saturated heterocycles. The Morgan fingerprint density at radius 2 is 1.91 bits per heavy atom. The van der Waals surface area contributed by atoms with E-state index < -0.39 is 5.91 Å². The Labute approximate surface area is 134 Å². The number of benzene rings is 2. The predicted molar refractivity (Wildman–Crippen MR) is 92.6 cm³/mol. The molecule has 0 fully saturated rings. The summed E-state index contributed by atoms with van der Waals surface area (Å²) in [7, 11) is 3.88. The van der Waals surface area contributed by atoms with Crippen molar-refractivity contribution in [3.8, 4) is 11.1 Å². The van der Waals surface area contributed by atoms with Gasteiger partial charge in [-0.25, -0.2) is 0 Å². The van der Waals surface area contributed by atoms with Crippen LogP contribution in [-0.4, -0.2) is 30.2 Å². The van der Waals surface area contributed by atoms with Crippen LogP contribution in [0.4, 0.5) is 5.82 Å². The Balaban J connectivity index is 2.18. The van der Waals surface area contributed by atoms with Crippen LogP contribution in [0.25, 0.3) is 21.9 Å². The molecule has 23 heavy (non-hydrogen) atoms. The molecule has 0 aliphatic rings. The van der Waals surface area contributed by atoms with Gasteiger partial charge < -0.3 is 10.6 Å². The van der Waals surface area contributed by atoms with Crippen molar-refractivity contribution in [2.75, 3.05) is 19.0 Å². The zero-order valence-electron chi connectivity index (χ0n) is 13.4. The second-order valence-corrected chi connectivity index (χ2v) is 5.76. The lowest BCUT2D eigenvalue weighted by Crippen LogP contribution is -2.11. The van der Waals surface area contributed by atoms with E-state index in [0.29, 0.717) is 5.56 Å². The lowest BCUT2D eigenvalue weighted by atomic mass is 9.96. The van der Waals surface area contributed by atoms with Crippen LogP contribution >= 0.6 is 0 Å². The maximum absolute atomic E-state index is 11.4. The van der Waals surface area contributed by atoms with Crippen LogP contribution < -0.4 is 10.6 Å². The van der Waals surface area contributed by atoms with Crippen LogP contribution in [-0.2, 0) is 0 Å². The van der Waals surface area contributed by atoms with Crippen LogP contribution in [0.1, 0.15) is 15.9 Å². The summed E-state index contributed by atoms with van der Waals surface area (Å²) in [5, 5.41) is 10.3. The average Bonchev–Trinajstić information content (AvgIpc) is 2.53. The highest BCUT2D eigenvalue weighted by Crippen LogP contribution is 2.30. The topological polar surface area (TPSA) is 72.1 Å². The van der Waals surface area contributed by atoms with Crippen molar-refractivity contribution < 1.29 is 4.79 Å². The first-order valence-corrected chi connectivity index (χ1v) is 7.31. The fourth-order valence-electron chi connectivity index (χ4n) is 2.66. The van der Waals surface area contributed by atoms with Gasteiger partial charge in [0.2, 0.25) is 5.91 Å². The third kappa shape index (κ3) is 2.73. The molecule has 0 bridgehead atoms. The Morgan fingerprint density at radius 3 is 2.61 bits per heavy atom. The lowest BCUT2D eigenvalue weighted by molar-refractivity contribution is 0.100. The van der Waals surface area contributed by atoms with Gasteiger partial charge >= 0.3 is 0 Å². The largest absolute Gasteiger partial charge is 0.366 e. The molecule has 3 aromatic rings. The van der Waals surface area contributed by atoms with Gasteiger partial charge in [-0.1, -0.05) is 12.1 Å². The summed E-state index contributed by atoms with van der Waals surface area (Å²) >= 11 is 0. The maximum atomic E-state index is 11.4. The fraction of sp³-hybridized carbons (Fsp3) is 0.167. The number of fused-ring (bicyclic) bond motifs is 1. The van der Waals surface area contributed by atoms with Gasteiger partial charge in [-0.3, -0.25) is 4.79 Å². The molecule has 5 nitrogen and oxygen atoms in total. The molecule has 2 N–H and O–H groups in total. The maximum Gasteiger partial charge on any atom is 0.248 e. The molecular formula is C18H18N4O. The highest BCUT2D eigenvalue weighted by molar-refractivity contribution is 5.97. The van der Waals surface area contributed by atoms with Crippen molar-refractivity contribution in [2.45, 2.75) is 6.92 Å². The van der Waals surface area contributed by atoms with Crippen LogP contribution in [0.5, 0.6) is 0 Å². The van der Waals surface area contributed by atoms with Crippen molar-refractivity contribution in [3.05, 3.63) is 53.7 Å². The number of rotatable bonds is 3. The number of carbonyl (C=O) groups excluding carboxylic acids is 1. The number of nitrogens with zero attached hydrogens (tertiary/aromatic N) is 3. The molecule has 0 aliphatic heterocycles. The van der Waals surface area contributed by atoms with Crippen LogP contribution in [0.15, 0.2) is 42.6 Å². The van der Waals surface area contributed by atoms with Crippen molar-refractivity contribution in [1.29, 1.82) is 0 Å². The summed E-state index contributed by atoms with van der Waals surface area (Å²) in [6, 6.07) is 11.6. The first-order valence-electron chi connectivity index (χ1n) is 7.31. The summed E-state index contributed by atoms with van der Waals surface area (Å²) < 4.78 is 0. The van der Waals surface area contributed by atoms with Gasteiger partial charge in [0.15, 0.2) is 5.82 Å². The van der Waals surface area contributed by atoms with Gasteiger partial charge in [0.25, 0.3) is 0 Å². The van der Waals surface area contributed by atoms with E-state index in [1.54, 1.807) is 12.3 Å². The van der Waals surface area contributed by atoms with Crippen molar-refractivity contribution in [3.63, 3.8) is 0 Å². The van der Waals surface area contributed by atoms with Crippen molar-refractivity contribution in [2.24, 2.45) is 5.73 Å². The fourth-order valence-corrected chi connectivity index (χ4v) is 2.66. The SMILES string of the molecule is Cc1ccc(C(N)=O)cc1-c1ccc2c(N(C)C)nncc2c1. The summed E-state index contributed by atoms with van der Waals surface area (Å²) in [4.78, 5) is 13.4. The van der Waals surface area contributed by atoms with Crippen LogP contribution in [0.3, 0.4) is 0 Å². The van der Waals surface area contributed by atoms with Gasteiger partial charge in [0, 0.05) is 30.4 Å². The van der Waals surface area contributed by atoms with Gasteiger partial charge in [-0.05, 0) is 47.9 Å². The second kappa shape index (κ2) is 5.68. The molecule has 0 saturated carbocycles. The Kier molecular flexibility index (Phi) is 3.70. The molecule has 0 atom stereocenters. The minimum atomic E-state index is -0.423. The normalized spacial score (nSPS) is 10.7. The standard InChI is InChI=1S/C18H18N4O/c1-11-4-5-13(17(19)23)9-16(11)12-6-7-15-14(8-12)10-20-21-18(15)22(2)3/h4-10H,1-3H3,(H2,19,23). The zero-order valence-corrected chi connectivity index (χ0v) is 13.4. The van der Waals surface area contributed by atoms with Gasteiger partial charge in [0.05, 0.1) is 6.20 Å². The molecule has 3 rings (SSSR count). The molecule has 0 radical (unpaired) electrons. The molecular weight excluding hydrogens is 288 g/mol. The Morgan fingerprint density at radius 1 is 1.13 bits per heavy atom. The first-order chi connectivity index (χ1) is 11.0. The van der Waals surface area contributed by atoms with E-state index in [4.69, 9.17) is 5.73 Å². The number of carbonyl (C=O) groups is 1. The summed E-state index contributed by atoms with van der Waals surface area (Å²) in [6.07, 6.45) is 1.75. The average molecular weight is 306 g/mol. The van der Waals surface area contributed by atoms with E-state index in [-0.39, 0.29) is 0 Å². The Bertz CT molecular complexity index is 903. The van der Waals surface area contributed by atoms with Gasteiger partial charge in [0.1, 0.15) is 0 Å². The zero-order chi connectivity index (χ0) is 16.6. The number of hydrogen-bond acceptors (Lipinski definition) is 4. The monoisotopic (exact) mass is 306 g/mol. The van der Waals surface area contributed by atoms with E-state index in [2.05, 4.69) is 16.3 Å². The summed E-state index contributed by atoms with van der Waals surface area (Å²) in [5.41, 5.74) is 9.00. The highest BCUT2D eigenvalue weighted by atomic mass is 16.1. The highest BCUT2D eigenvalue weighted by Gasteiger charge is 2.10. The molecule has 0 spiro atoms. The van der Waals surface area contributed by atoms with Crippen molar-refractivity contribution in [1.82, 2.24) is 10.2 Å². The molecule has 5 heteroatoms. The second-order valence-electron chi connectivity index (χ2n) is 5.76. The molecule has 1 amide bonds. The number of primary amides is 1. The number of amides is 1. The summed E-state index contributed by atoms with van der Waals surface area (Å²) in [6.45, 7) is 2.01. The third-order valence-electron chi connectivity index (χ3n) is 3.90. The van der Waals surface area contributed by atoms with Crippen LogP contribution in [0.2, 0.25) is 0 Å². The number of aromatic nitrogens is 2. The number of hydrogen-bond donors (Lipinski definition) is 1. The number of aryl methyl sites for hydroxylation is 1. The Hall–Kier alpha value is -2.95. The van der Waals surface area contributed by atoms with Crippen molar-refractivity contribution >= 4 is 22.5 Å². The van der Waals surface area contributed by atoms with E-state index in [0.717, 1.165) is 33.3 Å². The lowest BCUT2D eigenvalue weighted by Gasteiger charge is -2.14. The molecule has 116 valence electrons. The number of anilines is 1. The van der Waals surface area contributed by atoms with Gasteiger partial charge in [-0.15, -0.1) is 5.10 Å². The minimum absolute atomic E-state index is 0.423. The molecule has 2 aromatic carbocycles. The predicted octanol–water partition coefficient (Wildman–Crippen LogP) is 2.77. The molecule has 1 aromatic heterocycles. The smallest absolute Gasteiger partial charge is 0.248 e. The van der Waals surface area contributed by atoms with E-state index >= 15 is 0 Å². The quantitative estimate of drug-likeness (QED) is 0.807. The first kappa shape index (κ1) is 15.0. The summed E-state index contributed by atoms with van der Waals surface area (Å²) in [5.74, 6) is 0.407.